The fourth-order valence-electron chi connectivity index (χ4n) is 3.97. The molecule has 0 heterocycles. The van der Waals surface area contributed by atoms with Gasteiger partial charge in [-0.3, -0.25) is 14.4 Å². The van der Waals surface area contributed by atoms with Gasteiger partial charge in [0.2, 0.25) is 5.91 Å². The van der Waals surface area contributed by atoms with Crippen LogP contribution >= 0.6 is 0 Å². The molecular weight excluding hydrogens is 478 g/mol. The van der Waals surface area contributed by atoms with Gasteiger partial charge in [-0.05, 0) is 63.9 Å². The van der Waals surface area contributed by atoms with E-state index in [0.29, 0.717) is 12.8 Å². The molecule has 0 bridgehead atoms. The summed E-state index contributed by atoms with van der Waals surface area (Å²) in [5, 5.41) is 11.0. The Kier molecular flexibility index (Phi) is 25.9. The molecule has 0 aromatic carbocycles. The minimum Gasteiger partial charge on any atom is -0.480 e. The maximum atomic E-state index is 12.4. The van der Waals surface area contributed by atoms with Crippen molar-refractivity contribution in [2.75, 3.05) is 6.54 Å². The van der Waals surface area contributed by atoms with Crippen LogP contribution in [0.3, 0.4) is 0 Å². The van der Waals surface area contributed by atoms with Gasteiger partial charge in [-0.25, -0.2) is 0 Å². The fraction of sp³-hybridized carbons (Fsp3) is 0.719. The van der Waals surface area contributed by atoms with Gasteiger partial charge in [-0.2, -0.15) is 0 Å². The van der Waals surface area contributed by atoms with E-state index in [4.69, 9.17) is 9.84 Å². The van der Waals surface area contributed by atoms with Crippen LogP contribution in [0, 0.1) is 0 Å². The number of amides is 1. The molecular formula is C32H55NO5. The molecule has 0 saturated heterocycles. The number of carbonyl (C=O) groups excluding carboxylic acids is 2. The lowest BCUT2D eigenvalue weighted by atomic mass is 10.1. The van der Waals surface area contributed by atoms with E-state index in [-0.39, 0.29) is 24.5 Å². The summed E-state index contributed by atoms with van der Waals surface area (Å²) < 4.78 is 5.78. The lowest BCUT2D eigenvalue weighted by molar-refractivity contribution is -0.147. The maximum absolute atomic E-state index is 12.4. The highest BCUT2D eigenvalue weighted by Gasteiger charge is 2.11. The first-order chi connectivity index (χ1) is 18.5. The standard InChI is InChI=1S/C32H55NO5/c1-3-5-7-9-10-11-12-13-14-15-16-17-23-27-32(37)38-29(24-20-8-6-4-2)25-21-18-19-22-26-30(34)33-28-31(35)36/h7,9,11-12,20,24,29H,3-6,8,10,13-19,21-23,25-28H2,1-2H3,(H,33,34)(H,35,36)/b9-7-,12-11-,24-20-. The number of hydrogen-bond donors (Lipinski definition) is 2. The minimum absolute atomic E-state index is 0.107. The summed E-state index contributed by atoms with van der Waals surface area (Å²) in [6.45, 7) is 4.03. The highest BCUT2D eigenvalue weighted by atomic mass is 16.5. The summed E-state index contributed by atoms with van der Waals surface area (Å²) >= 11 is 0. The van der Waals surface area contributed by atoms with Crippen LogP contribution < -0.4 is 5.32 Å². The maximum Gasteiger partial charge on any atom is 0.322 e. The zero-order chi connectivity index (χ0) is 28.1. The smallest absolute Gasteiger partial charge is 0.322 e. The van der Waals surface area contributed by atoms with Crippen molar-refractivity contribution in [3.63, 3.8) is 0 Å². The molecule has 0 aromatic heterocycles. The molecule has 0 aliphatic rings. The van der Waals surface area contributed by atoms with E-state index in [1.165, 1.54) is 25.7 Å². The monoisotopic (exact) mass is 533 g/mol. The number of nitrogens with one attached hydrogen (secondary N) is 1. The van der Waals surface area contributed by atoms with Crippen molar-refractivity contribution >= 4 is 17.8 Å². The summed E-state index contributed by atoms with van der Waals surface area (Å²) in [5.74, 6) is -1.36. The molecule has 6 heteroatoms. The van der Waals surface area contributed by atoms with E-state index in [2.05, 4.69) is 49.5 Å². The normalized spacial score (nSPS) is 12.5. The van der Waals surface area contributed by atoms with Gasteiger partial charge in [-0.15, -0.1) is 0 Å². The SMILES string of the molecule is CCC/C=C\C/C=C\CCCCCCCC(=O)OC(/C=C\CCCC)CCCCCCC(=O)NCC(=O)O. The molecule has 6 nitrogen and oxygen atoms in total. The second-order valence-electron chi connectivity index (χ2n) is 10.00. The molecule has 0 spiro atoms. The van der Waals surface area contributed by atoms with Crippen molar-refractivity contribution in [1.29, 1.82) is 0 Å². The van der Waals surface area contributed by atoms with E-state index in [1.807, 2.05) is 6.08 Å². The van der Waals surface area contributed by atoms with Gasteiger partial charge < -0.3 is 15.2 Å². The van der Waals surface area contributed by atoms with Gasteiger partial charge >= 0.3 is 11.9 Å². The van der Waals surface area contributed by atoms with Crippen LogP contribution in [-0.2, 0) is 19.1 Å². The first-order valence-corrected chi connectivity index (χ1v) is 15.1. The average Bonchev–Trinajstić information content (AvgIpc) is 2.89. The summed E-state index contributed by atoms with van der Waals surface area (Å²) in [6.07, 6.45) is 31.5. The van der Waals surface area contributed by atoms with E-state index >= 15 is 0 Å². The fourth-order valence-corrected chi connectivity index (χ4v) is 3.97. The van der Waals surface area contributed by atoms with Crippen molar-refractivity contribution in [1.82, 2.24) is 5.32 Å². The number of carbonyl (C=O) groups is 3. The molecule has 1 unspecified atom stereocenters. The average molecular weight is 534 g/mol. The molecule has 2 N–H and O–H groups in total. The molecule has 0 saturated carbocycles. The second-order valence-corrected chi connectivity index (χ2v) is 10.00. The first-order valence-electron chi connectivity index (χ1n) is 15.1. The van der Waals surface area contributed by atoms with Crippen molar-refractivity contribution < 1.29 is 24.2 Å². The molecule has 0 aliphatic carbocycles. The topological polar surface area (TPSA) is 92.7 Å². The summed E-state index contributed by atoms with van der Waals surface area (Å²) in [5.41, 5.74) is 0. The van der Waals surface area contributed by atoms with E-state index < -0.39 is 5.97 Å². The number of allylic oxidation sites excluding steroid dienone is 5. The van der Waals surface area contributed by atoms with Crippen molar-refractivity contribution in [2.24, 2.45) is 0 Å². The van der Waals surface area contributed by atoms with Gasteiger partial charge in [0.1, 0.15) is 12.6 Å². The largest absolute Gasteiger partial charge is 0.480 e. The number of carboxylic acid groups (broad SMARTS) is 1. The Bertz CT molecular complexity index is 683. The molecule has 0 aromatic rings. The van der Waals surface area contributed by atoms with Crippen LogP contribution in [0.15, 0.2) is 36.5 Å². The molecule has 0 radical (unpaired) electrons. The van der Waals surface area contributed by atoms with E-state index in [0.717, 1.165) is 83.5 Å². The number of rotatable bonds is 26. The molecule has 218 valence electrons. The van der Waals surface area contributed by atoms with Crippen LogP contribution in [0.1, 0.15) is 136 Å². The van der Waals surface area contributed by atoms with Crippen LogP contribution in [0.4, 0.5) is 0 Å². The highest BCUT2D eigenvalue weighted by Crippen LogP contribution is 2.14. The minimum atomic E-state index is -1.03. The Morgan fingerprint density at radius 2 is 1.34 bits per heavy atom. The van der Waals surface area contributed by atoms with Gasteiger partial charge in [0.15, 0.2) is 0 Å². The van der Waals surface area contributed by atoms with E-state index in [1.54, 1.807) is 0 Å². The molecule has 1 atom stereocenters. The highest BCUT2D eigenvalue weighted by molar-refractivity contribution is 5.80. The Morgan fingerprint density at radius 3 is 2.05 bits per heavy atom. The third kappa shape index (κ3) is 26.7. The van der Waals surface area contributed by atoms with Gasteiger partial charge in [-0.1, -0.05) is 95.6 Å². The zero-order valence-corrected chi connectivity index (χ0v) is 24.3. The Hall–Kier alpha value is -2.37. The first kappa shape index (κ1) is 35.6. The number of aliphatic carboxylic acids is 1. The zero-order valence-electron chi connectivity index (χ0n) is 24.3. The van der Waals surface area contributed by atoms with Gasteiger partial charge in [0, 0.05) is 12.8 Å². The quantitative estimate of drug-likeness (QED) is 0.0664. The molecule has 0 fully saturated rings. The van der Waals surface area contributed by atoms with Crippen LogP contribution in [0.5, 0.6) is 0 Å². The number of carboxylic acids is 1. The van der Waals surface area contributed by atoms with Crippen LogP contribution in [0.25, 0.3) is 0 Å². The van der Waals surface area contributed by atoms with Crippen LogP contribution in [0.2, 0.25) is 0 Å². The summed E-state index contributed by atoms with van der Waals surface area (Å²) in [7, 11) is 0. The van der Waals surface area contributed by atoms with Crippen molar-refractivity contribution in [3.05, 3.63) is 36.5 Å². The Labute approximate surface area is 232 Å². The van der Waals surface area contributed by atoms with Gasteiger partial charge in [0.05, 0.1) is 0 Å². The molecule has 0 aliphatic heterocycles. The third-order valence-electron chi connectivity index (χ3n) is 6.25. The lowest BCUT2D eigenvalue weighted by Gasteiger charge is -2.15. The van der Waals surface area contributed by atoms with Gasteiger partial charge in [0.25, 0.3) is 0 Å². The Morgan fingerprint density at radius 1 is 0.711 bits per heavy atom. The summed E-state index contributed by atoms with van der Waals surface area (Å²) in [4.78, 5) is 34.5. The number of hydrogen-bond acceptors (Lipinski definition) is 4. The second kappa shape index (κ2) is 27.7. The van der Waals surface area contributed by atoms with Crippen molar-refractivity contribution in [3.8, 4) is 0 Å². The van der Waals surface area contributed by atoms with Crippen LogP contribution in [-0.4, -0.2) is 35.6 Å². The number of unbranched alkanes of at least 4 members (excludes halogenated alkanes) is 11. The number of ether oxygens (including phenoxy) is 1. The molecule has 0 rings (SSSR count). The predicted octanol–water partition coefficient (Wildman–Crippen LogP) is 8.22. The lowest BCUT2D eigenvalue weighted by Crippen LogP contribution is -2.28. The number of esters is 1. The van der Waals surface area contributed by atoms with Crippen molar-refractivity contribution in [2.45, 2.75) is 142 Å². The molecule has 38 heavy (non-hydrogen) atoms. The van der Waals surface area contributed by atoms with E-state index in [9.17, 15) is 14.4 Å². The Balaban J connectivity index is 4.03. The summed E-state index contributed by atoms with van der Waals surface area (Å²) in [6, 6.07) is 0. The molecule has 1 amide bonds. The predicted molar refractivity (Wildman–Crippen MR) is 157 cm³/mol. The third-order valence-corrected chi connectivity index (χ3v) is 6.25.